The van der Waals surface area contributed by atoms with E-state index >= 15 is 0 Å². The maximum absolute atomic E-state index is 13.1. The summed E-state index contributed by atoms with van der Waals surface area (Å²) in [5.41, 5.74) is 8.23. The Morgan fingerprint density at radius 3 is 2.41 bits per heavy atom. The quantitative estimate of drug-likeness (QED) is 0.363. The number of nitrogens with zero attached hydrogens (tertiary/aromatic N) is 3. The number of rotatable bonds is 4. The van der Waals surface area contributed by atoms with Crippen LogP contribution in [-0.2, 0) is 15.4 Å². The monoisotopic (exact) mass is 451 g/mol. The summed E-state index contributed by atoms with van der Waals surface area (Å²) in [5.74, 6) is 0.343. The molecule has 2 aromatic carbocycles. The lowest BCUT2D eigenvalue weighted by atomic mass is 9.87. The summed E-state index contributed by atoms with van der Waals surface area (Å²) < 4.78 is 30.9. The molecule has 166 valence electrons. The van der Waals surface area contributed by atoms with E-state index in [1.54, 1.807) is 49.4 Å². The van der Waals surface area contributed by atoms with Crippen LogP contribution >= 0.6 is 0 Å². The third kappa shape index (κ3) is 3.87. The third-order valence-corrected chi connectivity index (χ3v) is 6.63. The van der Waals surface area contributed by atoms with E-state index in [2.05, 4.69) is 30.6 Å². The number of nitrogens with two attached hydrogens (primary N) is 1. The van der Waals surface area contributed by atoms with Gasteiger partial charge in [-0.25, -0.2) is 17.8 Å². The van der Waals surface area contributed by atoms with Crippen LogP contribution in [0.25, 0.3) is 16.6 Å². The number of nitrogens with one attached hydrogen (secondary N) is 1. The predicted molar refractivity (Wildman–Crippen MR) is 125 cm³/mol. The van der Waals surface area contributed by atoms with Crippen molar-refractivity contribution >= 4 is 32.6 Å². The highest BCUT2D eigenvalue weighted by Gasteiger charge is 2.21. The van der Waals surface area contributed by atoms with E-state index < -0.39 is 10.0 Å². The molecule has 3 N–H and O–H groups in total. The topological polar surface area (TPSA) is 117 Å². The Morgan fingerprint density at radius 1 is 1.06 bits per heavy atom. The number of nitrogen functional groups attached to an aromatic ring is 1. The minimum atomic E-state index is -3.86. The van der Waals surface area contributed by atoms with Gasteiger partial charge in [0.1, 0.15) is 11.3 Å². The molecule has 0 amide bonds. The molecular formula is C23H25N5O3S. The molecule has 0 spiro atoms. The molecule has 0 saturated heterocycles. The minimum Gasteiger partial charge on any atom is -0.710 e. The molecule has 4 rings (SSSR count). The van der Waals surface area contributed by atoms with Crippen LogP contribution in [0.1, 0.15) is 32.0 Å². The van der Waals surface area contributed by atoms with Gasteiger partial charge in [0.15, 0.2) is 0 Å². The number of anilines is 2. The largest absolute Gasteiger partial charge is 0.710 e. The van der Waals surface area contributed by atoms with Gasteiger partial charge in [0, 0.05) is 17.5 Å². The Bertz CT molecular complexity index is 1420. The lowest BCUT2D eigenvalue weighted by Crippen LogP contribution is -2.31. The number of hydrogen-bond donors (Lipinski definition) is 2. The van der Waals surface area contributed by atoms with E-state index in [1.165, 1.54) is 10.7 Å². The molecule has 4 aromatic rings. The second-order valence-corrected chi connectivity index (χ2v) is 10.4. The van der Waals surface area contributed by atoms with E-state index in [1.807, 2.05) is 12.1 Å². The van der Waals surface area contributed by atoms with Crippen molar-refractivity contribution in [2.75, 3.05) is 10.5 Å². The molecule has 0 aliphatic carbocycles. The molecule has 0 saturated carbocycles. The molecule has 0 bridgehead atoms. The predicted octanol–water partition coefficient (Wildman–Crippen LogP) is 3.65. The number of hydrogen-bond acceptors (Lipinski definition) is 5. The number of sulfonamides is 1. The molecule has 0 fully saturated rings. The van der Waals surface area contributed by atoms with Crippen LogP contribution in [-0.4, -0.2) is 18.2 Å². The second-order valence-electron chi connectivity index (χ2n) is 8.73. The Kier molecular flexibility index (Phi) is 5.09. The summed E-state index contributed by atoms with van der Waals surface area (Å²) in [5, 5.41) is 17.4. The summed E-state index contributed by atoms with van der Waals surface area (Å²) in [4.78, 5) is 0.152. The van der Waals surface area contributed by atoms with Gasteiger partial charge in [0.2, 0.25) is 0 Å². The van der Waals surface area contributed by atoms with Gasteiger partial charge < -0.3 is 5.21 Å². The van der Waals surface area contributed by atoms with Gasteiger partial charge in [0.25, 0.3) is 15.8 Å². The molecule has 0 atom stereocenters. The summed E-state index contributed by atoms with van der Waals surface area (Å²) in [7, 11) is -3.86. The van der Waals surface area contributed by atoms with E-state index in [9.17, 15) is 13.6 Å². The molecule has 0 aliphatic rings. The Hall–Kier alpha value is -3.59. The fraction of sp³-hybridized carbons (Fsp3) is 0.217. The summed E-state index contributed by atoms with van der Waals surface area (Å²) in [6, 6.07) is 16.8. The van der Waals surface area contributed by atoms with Crippen molar-refractivity contribution in [2.24, 2.45) is 0 Å². The highest BCUT2D eigenvalue weighted by molar-refractivity contribution is 7.92. The zero-order valence-corrected chi connectivity index (χ0v) is 19.1. The van der Waals surface area contributed by atoms with Crippen molar-refractivity contribution in [1.29, 1.82) is 0 Å². The van der Waals surface area contributed by atoms with Crippen molar-refractivity contribution in [2.45, 2.75) is 38.0 Å². The lowest BCUT2D eigenvalue weighted by molar-refractivity contribution is -0.561. The van der Waals surface area contributed by atoms with Crippen LogP contribution < -0.4 is 15.2 Å². The highest BCUT2D eigenvalue weighted by Crippen LogP contribution is 2.27. The second kappa shape index (κ2) is 7.52. The maximum Gasteiger partial charge on any atom is 0.275 e. The number of fused-ring (bicyclic) bond motifs is 1. The summed E-state index contributed by atoms with van der Waals surface area (Å²) in [6.07, 6.45) is 0. The molecule has 2 aromatic heterocycles. The van der Waals surface area contributed by atoms with Crippen LogP contribution in [0.4, 0.5) is 11.6 Å². The van der Waals surface area contributed by atoms with Gasteiger partial charge >= 0.3 is 0 Å². The van der Waals surface area contributed by atoms with Crippen molar-refractivity contribution in [3.8, 4) is 5.69 Å². The smallest absolute Gasteiger partial charge is 0.275 e. The van der Waals surface area contributed by atoms with Crippen molar-refractivity contribution in [3.05, 3.63) is 77.1 Å². The van der Waals surface area contributed by atoms with Crippen LogP contribution in [0, 0.1) is 12.1 Å². The van der Waals surface area contributed by atoms with E-state index in [4.69, 9.17) is 5.73 Å². The van der Waals surface area contributed by atoms with E-state index in [-0.39, 0.29) is 21.9 Å². The van der Waals surface area contributed by atoms with Gasteiger partial charge in [-0.15, -0.1) is 0 Å². The fourth-order valence-electron chi connectivity index (χ4n) is 3.54. The minimum absolute atomic E-state index is 0.0749. The number of pyridine rings is 1. The first-order valence-electron chi connectivity index (χ1n) is 10.1. The number of aryl methyl sites for hydroxylation is 1. The van der Waals surface area contributed by atoms with Crippen LogP contribution in [0.3, 0.4) is 0 Å². The zero-order valence-electron chi connectivity index (χ0n) is 18.3. The normalized spacial score (nSPS) is 12.2. The number of aromatic nitrogens is 3. The van der Waals surface area contributed by atoms with Crippen molar-refractivity contribution in [3.63, 3.8) is 0 Å². The number of benzene rings is 2. The molecule has 9 heteroatoms. The van der Waals surface area contributed by atoms with Gasteiger partial charge in [-0.05, 0) is 48.2 Å². The average molecular weight is 452 g/mol. The SMILES string of the molecule is Cc1cc(NS(=O)(=O)c2ccc(C(C)(C)C)cc2)n(-c2cccc3c2ccc(N)[n+]3[O-])n1. The van der Waals surface area contributed by atoms with Crippen molar-refractivity contribution in [1.82, 2.24) is 9.78 Å². The Labute approximate surface area is 186 Å². The average Bonchev–Trinajstić information content (AvgIpc) is 3.09. The molecule has 8 nitrogen and oxygen atoms in total. The first-order valence-corrected chi connectivity index (χ1v) is 11.6. The molecule has 0 unspecified atom stereocenters. The van der Waals surface area contributed by atoms with Gasteiger partial charge in [-0.3, -0.25) is 10.5 Å². The van der Waals surface area contributed by atoms with Gasteiger partial charge in [-0.2, -0.15) is 5.10 Å². The highest BCUT2D eigenvalue weighted by atomic mass is 32.2. The molecule has 2 heterocycles. The first-order chi connectivity index (χ1) is 15.0. The zero-order chi connectivity index (χ0) is 23.3. The summed E-state index contributed by atoms with van der Waals surface area (Å²) >= 11 is 0. The summed E-state index contributed by atoms with van der Waals surface area (Å²) in [6.45, 7) is 7.97. The van der Waals surface area contributed by atoms with Crippen LogP contribution in [0.2, 0.25) is 0 Å². The molecule has 0 radical (unpaired) electrons. The Balaban J connectivity index is 1.77. The van der Waals surface area contributed by atoms with E-state index in [0.717, 1.165) is 5.56 Å². The Morgan fingerprint density at radius 2 is 1.75 bits per heavy atom. The van der Waals surface area contributed by atoms with E-state index in [0.29, 0.717) is 27.0 Å². The third-order valence-electron chi connectivity index (χ3n) is 5.26. The van der Waals surface area contributed by atoms with Gasteiger partial charge in [0.05, 0.1) is 16.3 Å². The molecular weight excluding hydrogens is 426 g/mol. The lowest BCUT2D eigenvalue weighted by Gasteiger charge is -2.19. The van der Waals surface area contributed by atoms with Crippen LogP contribution in [0.15, 0.2) is 65.6 Å². The molecule has 32 heavy (non-hydrogen) atoms. The standard InChI is InChI=1S/C23H25N5O3S/c1-15-14-22(26-32(30,31)17-10-8-16(9-11-17)23(2,3)4)27(25-15)19-6-5-7-20-18(19)12-13-21(24)28(20)29/h5-14,26H,24H2,1-4H3. The molecule has 0 aliphatic heterocycles. The van der Waals surface area contributed by atoms with Gasteiger partial charge in [-0.1, -0.05) is 39.0 Å². The maximum atomic E-state index is 13.1. The fourth-order valence-corrected chi connectivity index (χ4v) is 4.57. The first kappa shape index (κ1) is 21.6. The van der Waals surface area contributed by atoms with Crippen LogP contribution in [0.5, 0.6) is 0 Å². The van der Waals surface area contributed by atoms with Crippen molar-refractivity contribution < 1.29 is 13.1 Å².